The maximum atomic E-state index is 13.5. The van der Waals surface area contributed by atoms with E-state index in [1.165, 1.54) is 12.1 Å². The molecule has 2 unspecified atom stereocenters. The van der Waals surface area contributed by atoms with Crippen LogP contribution in [0.3, 0.4) is 0 Å². The number of anilines is 1. The number of amides is 2. The van der Waals surface area contributed by atoms with Crippen LogP contribution < -0.4 is 5.32 Å². The summed E-state index contributed by atoms with van der Waals surface area (Å²) in [4.78, 5) is 33.4. The minimum atomic E-state index is -0.848. The minimum absolute atomic E-state index is 0.0493. The van der Waals surface area contributed by atoms with Gasteiger partial charge < -0.3 is 20.3 Å². The van der Waals surface area contributed by atoms with E-state index in [0.29, 0.717) is 48.5 Å². The van der Waals surface area contributed by atoms with Crippen molar-refractivity contribution >= 4 is 28.7 Å². The summed E-state index contributed by atoms with van der Waals surface area (Å²) < 4.78 is 13.5. The highest BCUT2D eigenvalue weighted by molar-refractivity contribution is 5.89. The average molecular weight is 410 g/mol. The molecule has 1 fully saturated rings. The SMILES string of the molecule is O=C(O)CC1CCN(C(=O)Nc2ccccc2)CC1Cc1nc2ccc(F)cc2[nH]1. The van der Waals surface area contributed by atoms with Gasteiger partial charge >= 0.3 is 12.0 Å². The number of urea groups is 1. The molecule has 156 valence electrons. The first-order valence-corrected chi connectivity index (χ1v) is 9.95. The van der Waals surface area contributed by atoms with Crippen molar-refractivity contribution in [3.63, 3.8) is 0 Å². The Kier molecular flexibility index (Phi) is 5.65. The molecule has 0 spiro atoms. The zero-order valence-electron chi connectivity index (χ0n) is 16.3. The summed E-state index contributed by atoms with van der Waals surface area (Å²) in [6.07, 6.45) is 1.14. The van der Waals surface area contributed by atoms with E-state index < -0.39 is 5.97 Å². The van der Waals surface area contributed by atoms with Crippen LogP contribution in [0.25, 0.3) is 11.0 Å². The number of nitrogens with one attached hydrogen (secondary N) is 2. The number of benzene rings is 2. The Hall–Kier alpha value is -3.42. The number of hydrogen-bond acceptors (Lipinski definition) is 3. The highest BCUT2D eigenvalue weighted by Crippen LogP contribution is 2.30. The van der Waals surface area contributed by atoms with Crippen LogP contribution in [0.15, 0.2) is 48.5 Å². The highest BCUT2D eigenvalue weighted by atomic mass is 19.1. The van der Waals surface area contributed by atoms with Crippen molar-refractivity contribution in [2.24, 2.45) is 11.8 Å². The van der Waals surface area contributed by atoms with E-state index in [1.54, 1.807) is 11.0 Å². The average Bonchev–Trinajstić information content (AvgIpc) is 3.11. The van der Waals surface area contributed by atoms with Crippen LogP contribution in [-0.2, 0) is 11.2 Å². The minimum Gasteiger partial charge on any atom is -0.481 e. The summed E-state index contributed by atoms with van der Waals surface area (Å²) in [5.74, 6) is -0.655. The largest absolute Gasteiger partial charge is 0.481 e. The lowest BCUT2D eigenvalue weighted by Crippen LogP contribution is -2.46. The van der Waals surface area contributed by atoms with Crippen LogP contribution >= 0.6 is 0 Å². The summed E-state index contributed by atoms with van der Waals surface area (Å²) >= 11 is 0. The molecule has 1 saturated heterocycles. The van der Waals surface area contributed by atoms with Crippen molar-refractivity contribution in [1.29, 1.82) is 0 Å². The van der Waals surface area contributed by atoms with Gasteiger partial charge in [0.15, 0.2) is 0 Å². The van der Waals surface area contributed by atoms with Gasteiger partial charge in [0.1, 0.15) is 11.6 Å². The molecule has 3 N–H and O–H groups in total. The molecule has 8 heteroatoms. The van der Waals surface area contributed by atoms with E-state index in [4.69, 9.17) is 0 Å². The third-order valence-electron chi connectivity index (χ3n) is 5.59. The fraction of sp³-hybridized carbons (Fsp3) is 0.318. The number of carbonyl (C=O) groups is 2. The number of carboxylic acids is 1. The number of likely N-dealkylation sites (tertiary alicyclic amines) is 1. The molecular formula is C22H23FN4O3. The predicted molar refractivity (Wildman–Crippen MR) is 111 cm³/mol. The molecular weight excluding hydrogens is 387 g/mol. The van der Waals surface area contributed by atoms with Gasteiger partial charge in [-0.3, -0.25) is 4.79 Å². The van der Waals surface area contributed by atoms with Crippen molar-refractivity contribution in [2.45, 2.75) is 19.3 Å². The van der Waals surface area contributed by atoms with Gasteiger partial charge in [-0.1, -0.05) is 18.2 Å². The first-order chi connectivity index (χ1) is 14.5. The third kappa shape index (κ3) is 4.59. The number of fused-ring (bicyclic) bond motifs is 1. The monoisotopic (exact) mass is 410 g/mol. The summed E-state index contributed by atoms with van der Waals surface area (Å²) in [7, 11) is 0. The smallest absolute Gasteiger partial charge is 0.321 e. The molecule has 0 aliphatic carbocycles. The Balaban J connectivity index is 1.50. The number of aliphatic carboxylic acids is 1. The zero-order valence-corrected chi connectivity index (χ0v) is 16.3. The molecule has 2 atom stereocenters. The van der Waals surface area contributed by atoms with E-state index in [1.807, 2.05) is 30.3 Å². The Bertz CT molecular complexity index is 1050. The number of para-hydroxylation sites is 1. The molecule has 0 radical (unpaired) electrons. The van der Waals surface area contributed by atoms with E-state index in [9.17, 15) is 19.1 Å². The van der Waals surface area contributed by atoms with Crippen molar-refractivity contribution in [2.75, 3.05) is 18.4 Å². The molecule has 3 aromatic rings. The fourth-order valence-corrected chi connectivity index (χ4v) is 4.09. The first kappa shape index (κ1) is 19.9. The Morgan fingerprint density at radius 1 is 1.20 bits per heavy atom. The zero-order chi connectivity index (χ0) is 21.1. The van der Waals surface area contributed by atoms with Gasteiger partial charge in [-0.25, -0.2) is 14.2 Å². The highest BCUT2D eigenvalue weighted by Gasteiger charge is 2.33. The molecule has 2 aromatic carbocycles. The number of nitrogens with zero attached hydrogens (tertiary/aromatic N) is 2. The Morgan fingerprint density at radius 3 is 2.77 bits per heavy atom. The quantitative estimate of drug-likeness (QED) is 0.594. The molecule has 7 nitrogen and oxygen atoms in total. The second-order valence-electron chi connectivity index (χ2n) is 7.70. The molecule has 0 bridgehead atoms. The maximum Gasteiger partial charge on any atom is 0.321 e. The van der Waals surface area contributed by atoms with Gasteiger partial charge in [-0.05, 0) is 48.6 Å². The van der Waals surface area contributed by atoms with Gasteiger partial charge in [0.25, 0.3) is 0 Å². The summed E-state index contributed by atoms with van der Waals surface area (Å²) in [5, 5.41) is 12.2. The van der Waals surface area contributed by atoms with Crippen LogP contribution in [0, 0.1) is 17.7 Å². The number of carbonyl (C=O) groups excluding carboxylic acids is 1. The van der Waals surface area contributed by atoms with Crippen molar-refractivity contribution in [3.05, 3.63) is 60.2 Å². The fourth-order valence-electron chi connectivity index (χ4n) is 4.09. The van der Waals surface area contributed by atoms with E-state index >= 15 is 0 Å². The topological polar surface area (TPSA) is 98.3 Å². The number of piperidine rings is 1. The normalized spacial score (nSPS) is 19.0. The Labute approximate surface area is 172 Å². The van der Waals surface area contributed by atoms with Gasteiger partial charge in [-0.15, -0.1) is 0 Å². The number of aromatic amines is 1. The van der Waals surface area contributed by atoms with Crippen LogP contribution in [0.1, 0.15) is 18.7 Å². The molecule has 1 aliphatic heterocycles. The van der Waals surface area contributed by atoms with Gasteiger partial charge in [0, 0.05) is 31.6 Å². The molecule has 2 amide bonds. The third-order valence-corrected chi connectivity index (χ3v) is 5.59. The lowest BCUT2D eigenvalue weighted by molar-refractivity contribution is -0.139. The Morgan fingerprint density at radius 2 is 2.00 bits per heavy atom. The molecule has 4 rings (SSSR count). The number of aromatic nitrogens is 2. The summed E-state index contributed by atoms with van der Waals surface area (Å²) in [6, 6.07) is 13.4. The number of halogens is 1. The van der Waals surface area contributed by atoms with Crippen LogP contribution in [0.2, 0.25) is 0 Å². The van der Waals surface area contributed by atoms with E-state index in [2.05, 4.69) is 15.3 Å². The number of imidazole rings is 1. The van der Waals surface area contributed by atoms with Crippen molar-refractivity contribution in [1.82, 2.24) is 14.9 Å². The van der Waals surface area contributed by atoms with Gasteiger partial charge in [0.05, 0.1) is 11.0 Å². The number of rotatable bonds is 5. The van der Waals surface area contributed by atoms with Gasteiger partial charge in [0.2, 0.25) is 0 Å². The second kappa shape index (κ2) is 8.52. The molecule has 2 heterocycles. The molecule has 1 aromatic heterocycles. The number of hydrogen-bond donors (Lipinski definition) is 3. The lowest BCUT2D eigenvalue weighted by atomic mass is 9.81. The van der Waals surface area contributed by atoms with Crippen LogP contribution in [0.4, 0.5) is 14.9 Å². The second-order valence-corrected chi connectivity index (χ2v) is 7.70. The van der Waals surface area contributed by atoms with Gasteiger partial charge in [-0.2, -0.15) is 0 Å². The molecule has 30 heavy (non-hydrogen) atoms. The van der Waals surface area contributed by atoms with Crippen molar-refractivity contribution in [3.8, 4) is 0 Å². The van der Waals surface area contributed by atoms with E-state index in [0.717, 1.165) is 0 Å². The van der Waals surface area contributed by atoms with E-state index in [-0.39, 0.29) is 30.1 Å². The summed E-state index contributed by atoms with van der Waals surface area (Å²) in [6.45, 7) is 0.931. The predicted octanol–water partition coefficient (Wildman–Crippen LogP) is 3.89. The first-order valence-electron chi connectivity index (χ1n) is 9.95. The van der Waals surface area contributed by atoms with Crippen LogP contribution in [-0.4, -0.2) is 45.1 Å². The van der Waals surface area contributed by atoms with Crippen LogP contribution in [0.5, 0.6) is 0 Å². The molecule has 1 aliphatic rings. The molecule has 0 saturated carbocycles. The summed E-state index contributed by atoms with van der Waals surface area (Å²) in [5.41, 5.74) is 1.98. The lowest BCUT2D eigenvalue weighted by Gasteiger charge is -2.37. The number of H-pyrrole nitrogens is 1. The maximum absolute atomic E-state index is 13.5. The standard InChI is InChI=1S/C22H23FN4O3/c23-16-6-7-18-19(12-16)26-20(25-18)10-15-13-27(9-8-14(15)11-21(28)29)22(30)24-17-4-2-1-3-5-17/h1-7,12,14-15H,8-11,13H2,(H,24,30)(H,25,26)(H,28,29). The number of carboxylic acid groups (broad SMARTS) is 1. The van der Waals surface area contributed by atoms with Crippen molar-refractivity contribution < 1.29 is 19.1 Å².